The molecular formula is C8H12N2O4S. The largest absolute Gasteiger partial charge is 0.465 e. The summed E-state index contributed by atoms with van der Waals surface area (Å²) in [4.78, 5) is 11.7. The normalized spacial score (nSPS) is 27.1. The van der Waals surface area contributed by atoms with E-state index in [2.05, 4.69) is 0 Å². The SMILES string of the molecule is CS(=O)(=O)C1(C#N)CCCN(C(=O)O)C1. The molecule has 1 aliphatic heterocycles. The summed E-state index contributed by atoms with van der Waals surface area (Å²) in [7, 11) is -3.57. The number of hydrogen-bond acceptors (Lipinski definition) is 4. The molecule has 15 heavy (non-hydrogen) atoms. The van der Waals surface area contributed by atoms with E-state index in [4.69, 9.17) is 10.4 Å². The van der Waals surface area contributed by atoms with Gasteiger partial charge in [0.15, 0.2) is 14.6 Å². The second-order valence-electron chi connectivity index (χ2n) is 3.69. The van der Waals surface area contributed by atoms with Crippen LogP contribution in [0, 0.1) is 11.3 Å². The number of sulfone groups is 1. The highest BCUT2D eigenvalue weighted by Crippen LogP contribution is 2.28. The third-order valence-electron chi connectivity index (χ3n) is 2.64. The summed E-state index contributed by atoms with van der Waals surface area (Å²) in [6.45, 7) is 0.0337. The van der Waals surface area contributed by atoms with Gasteiger partial charge in [0.2, 0.25) is 0 Å². The number of carbonyl (C=O) groups is 1. The van der Waals surface area contributed by atoms with E-state index in [1.807, 2.05) is 0 Å². The number of hydrogen-bond donors (Lipinski definition) is 1. The van der Waals surface area contributed by atoms with Gasteiger partial charge in [0.1, 0.15) is 0 Å². The maximum absolute atomic E-state index is 11.5. The zero-order valence-corrected chi connectivity index (χ0v) is 9.12. The van der Waals surface area contributed by atoms with Crippen LogP contribution in [0.1, 0.15) is 12.8 Å². The summed E-state index contributed by atoms with van der Waals surface area (Å²) < 4.78 is 21.4. The van der Waals surface area contributed by atoms with Crippen LogP contribution in [-0.2, 0) is 9.84 Å². The molecule has 1 aliphatic rings. The van der Waals surface area contributed by atoms with E-state index in [1.165, 1.54) is 0 Å². The van der Waals surface area contributed by atoms with Gasteiger partial charge in [-0.1, -0.05) is 0 Å². The summed E-state index contributed by atoms with van der Waals surface area (Å²) in [5, 5.41) is 17.7. The van der Waals surface area contributed by atoms with Crippen molar-refractivity contribution in [1.82, 2.24) is 4.90 Å². The van der Waals surface area contributed by atoms with Gasteiger partial charge < -0.3 is 10.0 Å². The van der Waals surface area contributed by atoms with Gasteiger partial charge in [-0.3, -0.25) is 0 Å². The van der Waals surface area contributed by atoms with Crippen molar-refractivity contribution in [3.8, 4) is 6.07 Å². The van der Waals surface area contributed by atoms with Gasteiger partial charge in [0.05, 0.1) is 12.6 Å². The highest BCUT2D eigenvalue weighted by Gasteiger charge is 2.46. The molecule has 0 radical (unpaired) electrons. The molecule has 6 nitrogen and oxygen atoms in total. The van der Waals surface area contributed by atoms with Gasteiger partial charge in [0, 0.05) is 12.8 Å². The predicted octanol–water partition coefficient (Wildman–Crippen LogP) is 0.0672. The molecule has 1 unspecified atom stereocenters. The van der Waals surface area contributed by atoms with Crippen LogP contribution in [0.3, 0.4) is 0 Å². The molecule has 0 spiro atoms. The number of rotatable bonds is 1. The summed E-state index contributed by atoms with van der Waals surface area (Å²) in [5.74, 6) is 0. The van der Waals surface area contributed by atoms with Crippen molar-refractivity contribution in [2.45, 2.75) is 17.6 Å². The summed E-state index contributed by atoms with van der Waals surface area (Å²) in [6, 6.07) is 1.75. The number of likely N-dealkylation sites (tertiary alicyclic amines) is 1. The summed E-state index contributed by atoms with van der Waals surface area (Å²) >= 11 is 0. The standard InChI is InChI=1S/C8H12N2O4S/c1-15(13,14)8(5-9)3-2-4-10(6-8)7(11)12/h2-4,6H2,1H3,(H,11,12). The van der Waals surface area contributed by atoms with Crippen molar-refractivity contribution in [2.75, 3.05) is 19.3 Å². The number of nitrogens with zero attached hydrogens (tertiary/aromatic N) is 2. The molecule has 0 aromatic carbocycles. The first-order valence-corrected chi connectivity index (χ1v) is 6.30. The van der Waals surface area contributed by atoms with Gasteiger partial charge in [-0.05, 0) is 12.8 Å². The predicted molar refractivity (Wildman–Crippen MR) is 52.0 cm³/mol. The molecule has 1 rings (SSSR count). The molecule has 1 heterocycles. The molecule has 0 saturated carbocycles. The van der Waals surface area contributed by atoms with Crippen molar-refractivity contribution in [3.63, 3.8) is 0 Å². The van der Waals surface area contributed by atoms with Gasteiger partial charge in [-0.15, -0.1) is 0 Å². The highest BCUT2D eigenvalue weighted by molar-refractivity contribution is 7.92. The van der Waals surface area contributed by atoms with E-state index in [-0.39, 0.29) is 19.5 Å². The molecular weight excluding hydrogens is 220 g/mol. The van der Waals surface area contributed by atoms with Gasteiger partial charge in [0.25, 0.3) is 0 Å². The first-order valence-electron chi connectivity index (χ1n) is 4.41. The Labute approximate surface area is 88.0 Å². The van der Waals surface area contributed by atoms with Crippen LogP contribution < -0.4 is 0 Å². The third kappa shape index (κ3) is 2.04. The number of carboxylic acid groups (broad SMARTS) is 1. The topological polar surface area (TPSA) is 98.5 Å². The maximum atomic E-state index is 11.5. The Bertz CT molecular complexity index is 411. The highest BCUT2D eigenvalue weighted by atomic mass is 32.2. The quantitative estimate of drug-likeness (QED) is 0.689. The molecule has 0 aromatic rings. The minimum atomic E-state index is -3.57. The average molecular weight is 232 g/mol. The van der Waals surface area contributed by atoms with Crippen LogP contribution in [0.2, 0.25) is 0 Å². The summed E-state index contributed by atoms with van der Waals surface area (Å²) in [5.41, 5.74) is 0. The smallest absolute Gasteiger partial charge is 0.407 e. The number of nitriles is 1. The minimum absolute atomic E-state index is 0.201. The molecule has 0 aliphatic carbocycles. The van der Waals surface area contributed by atoms with Crippen LogP contribution in [0.4, 0.5) is 4.79 Å². The Morgan fingerprint density at radius 1 is 1.60 bits per heavy atom. The van der Waals surface area contributed by atoms with Crippen molar-refractivity contribution in [1.29, 1.82) is 5.26 Å². The fraction of sp³-hybridized carbons (Fsp3) is 0.750. The van der Waals surface area contributed by atoms with Gasteiger partial charge >= 0.3 is 6.09 Å². The average Bonchev–Trinajstić information content (AvgIpc) is 2.16. The van der Waals surface area contributed by atoms with E-state index < -0.39 is 20.7 Å². The Hall–Kier alpha value is -1.29. The first kappa shape index (κ1) is 11.8. The van der Waals surface area contributed by atoms with Crippen molar-refractivity contribution >= 4 is 15.9 Å². The second-order valence-corrected chi connectivity index (χ2v) is 6.01. The lowest BCUT2D eigenvalue weighted by Crippen LogP contribution is -2.53. The van der Waals surface area contributed by atoms with Crippen LogP contribution >= 0.6 is 0 Å². The first-order chi connectivity index (χ1) is 6.82. The van der Waals surface area contributed by atoms with Gasteiger partial charge in [-0.25, -0.2) is 13.2 Å². The Morgan fingerprint density at radius 2 is 2.20 bits per heavy atom. The van der Waals surface area contributed by atoms with E-state index in [0.29, 0.717) is 6.42 Å². The van der Waals surface area contributed by atoms with E-state index in [0.717, 1.165) is 11.2 Å². The maximum Gasteiger partial charge on any atom is 0.407 e. The Morgan fingerprint density at radius 3 is 2.60 bits per heavy atom. The van der Waals surface area contributed by atoms with E-state index in [1.54, 1.807) is 6.07 Å². The lowest BCUT2D eigenvalue weighted by Gasteiger charge is -2.35. The molecule has 84 valence electrons. The molecule has 0 bridgehead atoms. The lowest BCUT2D eigenvalue weighted by molar-refractivity contribution is 0.131. The number of piperidine rings is 1. The molecule has 1 atom stereocenters. The summed E-state index contributed by atoms with van der Waals surface area (Å²) in [6.07, 6.45) is 0.388. The molecule has 0 aromatic heterocycles. The minimum Gasteiger partial charge on any atom is -0.465 e. The molecule has 1 N–H and O–H groups in total. The Balaban J connectivity index is 3.04. The van der Waals surface area contributed by atoms with Crippen molar-refractivity contribution in [2.24, 2.45) is 0 Å². The monoisotopic (exact) mass is 232 g/mol. The molecule has 1 amide bonds. The van der Waals surface area contributed by atoms with Crippen molar-refractivity contribution in [3.05, 3.63) is 0 Å². The van der Waals surface area contributed by atoms with Crippen LogP contribution in [0.15, 0.2) is 0 Å². The zero-order chi connectivity index (χ0) is 11.7. The molecule has 1 fully saturated rings. The van der Waals surface area contributed by atoms with Crippen molar-refractivity contribution < 1.29 is 18.3 Å². The number of amides is 1. The van der Waals surface area contributed by atoms with Crippen LogP contribution in [0.25, 0.3) is 0 Å². The van der Waals surface area contributed by atoms with Crippen LogP contribution in [0.5, 0.6) is 0 Å². The third-order valence-corrected chi connectivity index (χ3v) is 4.48. The second kappa shape index (κ2) is 3.70. The van der Waals surface area contributed by atoms with Gasteiger partial charge in [-0.2, -0.15) is 5.26 Å². The molecule has 7 heteroatoms. The molecule has 1 saturated heterocycles. The fourth-order valence-electron chi connectivity index (χ4n) is 1.66. The fourth-order valence-corrected chi connectivity index (χ4v) is 2.73. The lowest BCUT2D eigenvalue weighted by atomic mass is 9.99. The zero-order valence-electron chi connectivity index (χ0n) is 8.30. The van der Waals surface area contributed by atoms with E-state index >= 15 is 0 Å². The Kier molecular flexibility index (Phi) is 2.90. The van der Waals surface area contributed by atoms with E-state index in [9.17, 15) is 13.2 Å². The van der Waals surface area contributed by atoms with Crippen LogP contribution in [-0.4, -0.2) is 48.6 Å².